The van der Waals surface area contributed by atoms with E-state index in [2.05, 4.69) is 5.32 Å². The van der Waals surface area contributed by atoms with Crippen LogP contribution < -0.4 is 5.32 Å². The first-order valence-corrected chi connectivity index (χ1v) is 8.63. The predicted octanol–water partition coefficient (Wildman–Crippen LogP) is 2.56. The Labute approximate surface area is 146 Å². The molecule has 0 aliphatic carbocycles. The fourth-order valence-electron chi connectivity index (χ4n) is 3.37. The Hall–Kier alpha value is -2.62. The number of amides is 3. The number of rotatable bonds is 2. The van der Waals surface area contributed by atoms with E-state index in [1.54, 1.807) is 6.07 Å². The molecule has 3 amide bonds. The van der Waals surface area contributed by atoms with Gasteiger partial charge in [0.15, 0.2) is 0 Å². The molecule has 0 radical (unpaired) electrons. The van der Waals surface area contributed by atoms with Crippen LogP contribution in [0.1, 0.15) is 31.2 Å². The molecule has 25 heavy (non-hydrogen) atoms. The van der Waals surface area contributed by atoms with E-state index in [0.29, 0.717) is 31.6 Å². The van der Waals surface area contributed by atoms with Crippen molar-refractivity contribution in [3.05, 3.63) is 29.6 Å². The molecule has 0 aromatic heterocycles. The lowest BCUT2D eigenvalue weighted by atomic mass is 9.96. The molecule has 1 aromatic rings. The van der Waals surface area contributed by atoms with E-state index in [1.807, 2.05) is 9.80 Å². The molecule has 2 heterocycles. The fourth-order valence-corrected chi connectivity index (χ4v) is 3.37. The van der Waals surface area contributed by atoms with E-state index in [4.69, 9.17) is 5.26 Å². The van der Waals surface area contributed by atoms with Crippen molar-refractivity contribution in [3.8, 4) is 6.07 Å². The molecule has 2 aliphatic rings. The molecule has 7 heteroatoms. The summed E-state index contributed by atoms with van der Waals surface area (Å²) < 4.78 is 13.3. The second-order valence-corrected chi connectivity index (χ2v) is 6.53. The topological polar surface area (TPSA) is 76.4 Å². The Morgan fingerprint density at radius 3 is 2.40 bits per heavy atom. The van der Waals surface area contributed by atoms with Crippen LogP contribution in [-0.2, 0) is 4.79 Å². The molecule has 0 saturated carbocycles. The van der Waals surface area contributed by atoms with Crippen LogP contribution in [0.4, 0.5) is 14.9 Å². The second kappa shape index (κ2) is 7.51. The molecule has 2 saturated heterocycles. The van der Waals surface area contributed by atoms with E-state index < -0.39 is 5.82 Å². The van der Waals surface area contributed by atoms with Gasteiger partial charge in [0.2, 0.25) is 5.91 Å². The minimum Gasteiger partial charge on any atom is -0.326 e. The van der Waals surface area contributed by atoms with Gasteiger partial charge in [-0.2, -0.15) is 5.26 Å². The maximum absolute atomic E-state index is 13.3. The van der Waals surface area contributed by atoms with Crippen molar-refractivity contribution in [2.24, 2.45) is 5.92 Å². The van der Waals surface area contributed by atoms with Crippen LogP contribution in [0.15, 0.2) is 18.2 Å². The summed E-state index contributed by atoms with van der Waals surface area (Å²) in [7, 11) is 0. The van der Waals surface area contributed by atoms with Gasteiger partial charge in [-0.05, 0) is 43.9 Å². The van der Waals surface area contributed by atoms with E-state index in [0.717, 1.165) is 25.9 Å². The molecular weight excluding hydrogens is 323 g/mol. The van der Waals surface area contributed by atoms with Crippen LogP contribution in [0.25, 0.3) is 0 Å². The molecule has 2 fully saturated rings. The Bertz CT molecular complexity index is 702. The average molecular weight is 344 g/mol. The number of piperidine rings is 1. The number of urea groups is 1. The molecule has 0 atom stereocenters. The van der Waals surface area contributed by atoms with Gasteiger partial charge < -0.3 is 15.1 Å². The van der Waals surface area contributed by atoms with Gasteiger partial charge in [0.25, 0.3) is 0 Å². The Morgan fingerprint density at radius 1 is 1.12 bits per heavy atom. The number of halogens is 1. The smallest absolute Gasteiger partial charge is 0.319 e. The number of likely N-dealkylation sites (tertiary alicyclic amines) is 2. The quantitative estimate of drug-likeness (QED) is 0.896. The zero-order valence-corrected chi connectivity index (χ0v) is 14.0. The highest BCUT2D eigenvalue weighted by Crippen LogP contribution is 2.22. The summed E-state index contributed by atoms with van der Waals surface area (Å²) in [5.74, 6) is -0.934. The summed E-state index contributed by atoms with van der Waals surface area (Å²) in [6.45, 7) is 2.79. The lowest BCUT2D eigenvalue weighted by molar-refractivity contribution is -0.121. The first-order chi connectivity index (χ1) is 12.1. The number of nitrogens with one attached hydrogen (secondary N) is 1. The number of nitriles is 1. The van der Waals surface area contributed by atoms with Crippen LogP contribution in [0, 0.1) is 23.1 Å². The van der Waals surface area contributed by atoms with E-state index in [-0.39, 0.29) is 23.4 Å². The third-order valence-electron chi connectivity index (χ3n) is 4.87. The summed E-state index contributed by atoms with van der Waals surface area (Å²) in [6.07, 6.45) is 3.34. The molecule has 3 rings (SSSR count). The van der Waals surface area contributed by atoms with E-state index >= 15 is 0 Å². The van der Waals surface area contributed by atoms with Crippen LogP contribution in [0.3, 0.4) is 0 Å². The highest BCUT2D eigenvalue weighted by Gasteiger charge is 2.30. The lowest BCUT2D eigenvalue weighted by Gasteiger charge is -2.34. The van der Waals surface area contributed by atoms with Crippen LogP contribution >= 0.6 is 0 Å². The molecule has 6 nitrogen and oxygen atoms in total. The highest BCUT2D eigenvalue weighted by atomic mass is 19.1. The summed E-state index contributed by atoms with van der Waals surface area (Å²) in [5.41, 5.74) is 0.322. The van der Waals surface area contributed by atoms with Gasteiger partial charge in [-0.25, -0.2) is 9.18 Å². The average Bonchev–Trinajstić information content (AvgIpc) is 3.17. The maximum atomic E-state index is 13.3. The van der Waals surface area contributed by atoms with E-state index in [1.165, 1.54) is 18.2 Å². The second-order valence-electron chi connectivity index (χ2n) is 6.53. The molecule has 0 unspecified atom stereocenters. The molecule has 2 aliphatic heterocycles. The first-order valence-electron chi connectivity index (χ1n) is 8.63. The van der Waals surface area contributed by atoms with Crippen molar-refractivity contribution in [2.45, 2.75) is 25.7 Å². The van der Waals surface area contributed by atoms with Crippen molar-refractivity contribution in [3.63, 3.8) is 0 Å². The minimum atomic E-state index is -0.603. The van der Waals surface area contributed by atoms with Crippen LogP contribution in [-0.4, -0.2) is 47.9 Å². The van der Waals surface area contributed by atoms with Gasteiger partial charge in [0, 0.05) is 37.8 Å². The maximum Gasteiger partial charge on any atom is 0.319 e. The molecular formula is C18H21FN4O2. The van der Waals surface area contributed by atoms with E-state index in [9.17, 15) is 14.0 Å². The van der Waals surface area contributed by atoms with Crippen molar-refractivity contribution < 1.29 is 14.0 Å². The zero-order valence-electron chi connectivity index (χ0n) is 14.0. The standard InChI is InChI=1S/C18H21FN4O2/c19-16-4-3-15(11-14(16)12-20)21-17(24)13-5-9-23(10-6-13)18(25)22-7-1-2-8-22/h3-4,11,13H,1-2,5-10H2,(H,21,24). The van der Waals surface area contributed by atoms with Gasteiger partial charge in [0.05, 0.1) is 5.56 Å². The molecule has 132 valence electrons. The van der Waals surface area contributed by atoms with Crippen molar-refractivity contribution in [1.82, 2.24) is 9.80 Å². The number of anilines is 1. The number of benzene rings is 1. The number of carbonyl (C=O) groups excluding carboxylic acids is 2. The lowest BCUT2D eigenvalue weighted by Crippen LogP contribution is -2.47. The monoisotopic (exact) mass is 344 g/mol. The van der Waals surface area contributed by atoms with Crippen LogP contribution in [0.2, 0.25) is 0 Å². The summed E-state index contributed by atoms with van der Waals surface area (Å²) in [6, 6.07) is 5.78. The first kappa shape index (κ1) is 17.2. The SMILES string of the molecule is N#Cc1cc(NC(=O)C2CCN(C(=O)N3CCCC3)CC2)ccc1F. The molecule has 0 bridgehead atoms. The van der Waals surface area contributed by atoms with Gasteiger partial charge >= 0.3 is 6.03 Å². The van der Waals surface area contributed by atoms with Gasteiger partial charge in [0.1, 0.15) is 11.9 Å². The van der Waals surface area contributed by atoms with Gasteiger partial charge in [-0.15, -0.1) is 0 Å². The molecule has 1 aromatic carbocycles. The number of hydrogen-bond donors (Lipinski definition) is 1. The Balaban J connectivity index is 1.53. The van der Waals surface area contributed by atoms with Crippen LogP contribution in [0.5, 0.6) is 0 Å². The number of carbonyl (C=O) groups is 2. The predicted molar refractivity (Wildman–Crippen MR) is 90.2 cm³/mol. The number of nitrogens with zero attached hydrogens (tertiary/aromatic N) is 3. The summed E-state index contributed by atoms with van der Waals surface area (Å²) in [5, 5.41) is 11.6. The number of hydrogen-bond acceptors (Lipinski definition) is 3. The van der Waals surface area contributed by atoms with Gasteiger partial charge in [-0.1, -0.05) is 0 Å². The van der Waals surface area contributed by atoms with Gasteiger partial charge in [-0.3, -0.25) is 4.79 Å². The minimum absolute atomic E-state index is 0.0774. The largest absolute Gasteiger partial charge is 0.326 e. The fraction of sp³-hybridized carbons (Fsp3) is 0.500. The summed E-state index contributed by atoms with van der Waals surface area (Å²) >= 11 is 0. The third-order valence-corrected chi connectivity index (χ3v) is 4.87. The Kier molecular flexibility index (Phi) is 5.17. The Morgan fingerprint density at radius 2 is 1.76 bits per heavy atom. The third kappa shape index (κ3) is 3.90. The highest BCUT2D eigenvalue weighted by molar-refractivity contribution is 5.93. The van der Waals surface area contributed by atoms with Crippen molar-refractivity contribution in [1.29, 1.82) is 5.26 Å². The zero-order chi connectivity index (χ0) is 17.8. The normalized spacial score (nSPS) is 18.1. The van der Waals surface area contributed by atoms with Crippen molar-refractivity contribution in [2.75, 3.05) is 31.5 Å². The van der Waals surface area contributed by atoms with Crippen molar-refractivity contribution >= 4 is 17.6 Å². The molecule has 1 N–H and O–H groups in total. The summed E-state index contributed by atoms with van der Waals surface area (Å²) in [4.78, 5) is 28.4. The molecule has 0 spiro atoms.